The maximum absolute atomic E-state index is 11.0. The van der Waals surface area contributed by atoms with Gasteiger partial charge in [-0.3, -0.25) is 5.10 Å². The number of aromatic amines is 1. The smallest absolute Gasteiger partial charge is 0.245 e. The minimum absolute atomic E-state index is 0.0278. The quantitative estimate of drug-likeness (QED) is 0.532. The molecule has 1 aromatic rings. The van der Waals surface area contributed by atoms with E-state index in [0.717, 1.165) is 6.20 Å². The normalized spacial score (nSPS) is 11.7. The molecule has 1 aromatic heterocycles. The van der Waals surface area contributed by atoms with Gasteiger partial charge in [-0.2, -0.15) is 5.10 Å². The van der Waals surface area contributed by atoms with Gasteiger partial charge in [0.15, 0.2) is 0 Å². The molecule has 1 rings (SSSR count). The highest BCUT2D eigenvalue weighted by Crippen LogP contribution is 2.12. The molecule has 0 saturated carbocycles. The Morgan fingerprint density at radius 2 is 2.36 bits per heavy atom. The number of H-pyrrole nitrogens is 1. The lowest BCUT2D eigenvalue weighted by Gasteiger charge is -1.97. The van der Waals surface area contributed by atoms with Gasteiger partial charge in [0.25, 0.3) is 0 Å². The number of hydrogen-bond acceptors (Lipinski definition) is 4. The van der Waals surface area contributed by atoms with Gasteiger partial charge < -0.3 is 5.73 Å². The average molecular weight is 176 g/mol. The summed E-state index contributed by atoms with van der Waals surface area (Å²) in [6.07, 6.45) is 1.15. The molecule has 0 aliphatic heterocycles. The predicted octanol–water partition coefficient (Wildman–Crippen LogP) is -1.10. The summed E-state index contributed by atoms with van der Waals surface area (Å²) in [6.45, 7) is 0. The Kier molecular flexibility index (Phi) is 1.83. The minimum atomic E-state index is -3.45. The monoisotopic (exact) mass is 176 g/mol. The maximum Gasteiger partial charge on any atom is 0.245 e. The lowest BCUT2D eigenvalue weighted by molar-refractivity contribution is 0.589. The number of hydrogen-bond donors (Lipinski definition) is 3. The van der Waals surface area contributed by atoms with Gasteiger partial charge in [0.05, 0.1) is 6.20 Å². The zero-order valence-corrected chi connectivity index (χ0v) is 6.64. The second-order valence-corrected chi connectivity index (χ2v) is 3.71. The van der Waals surface area contributed by atoms with E-state index >= 15 is 0 Å². The third-order valence-electron chi connectivity index (χ3n) is 1.19. The second kappa shape index (κ2) is 2.51. The molecule has 0 aliphatic rings. The fourth-order valence-electron chi connectivity index (χ4n) is 0.609. The highest BCUT2D eigenvalue weighted by molar-refractivity contribution is 7.89. The molecule has 1 heterocycles. The van der Waals surface area contributed by atoms with Crippen molar-refractivity contribution < 1.29 is 8.42 Å². The molecular weight excluding hydrogens is 168 g/mol. The fraction of sp³-hybridized carbons (Fsp3) is 0.250. The Morgan fingerprint density at radius 3 is 2.73 bits per heavy atom. The average Bonchev–Trinajstić information content (AvgIpc) is 2.36. The van der Waals surface area contributed by atoms with Crippen molar-refractivity contribution in [1.82, 2.24) is 14.9 Å². The molecule has 11 heavy (non-hydrogen) atoms. The van der Waals surface area contributed by atoms with Crippen LogP contribution in [0.4, 0.5) is 5.82 Å². The molecule has 0 bridgehead atoms. The van der Waals surface area contributed by atoms with Gasteiger partial charge in [0.2, 0.25) is 10.0 Å². The highest BCUT2D eigenvalue weighted by Gasteiger charge is 2.16. The number of nitrogen functional groups attached to an aromatic ring is 1. The Labute approximate surface area is 63.8 Å². The van der Waals surface area contributed by atoms with Crippen molar-refractivity contribution in [2.24, 2.45) is 0 Å². The van der Waals surface area contributed by atoms with E-state index in [2.05, 4.69) is 14.9 Å². The Hall–Kier alpha value is -1.08. The number of nitrogens with two attached hydrogens (primary N) is 1. The molecule has 0 fully saturated rings. The summed E-state index contributed by atoms with van der Waals surface area (Å²) in [4.78, 5) is -0.0278. The Balaban J connectivity index is 3.22. The summed E-state index contributed by atoms with van der Waals surface area (Å²) in [7, 11) is -2.15. The van der Waals surface area contributed by atoms with Crippen LogP contribution >= 0.6 is 0 Å². The van der Waals surface area contributed by atoms with Crippen LogP contribution < -0.4 is 10.5 Å². The van der Waals surface area contributed by atoms with E-state index in [-0.39, 0.29) is 10.7 Å². The molecule has 7 heteroatoms. The number of sulfonamides is 1. The van der Waals surface area contributed by atoms with E-state index in [0.29, 0.717) is 0 Å². The molecule has 4 N–H and O–H groups in total. The highest BCUT2D eigenvalue weighted by atomic mass is 32.2. The molecule has 0 amide bonds. The van der Waals surface area contributed by atoms with E-state index in [1.54, 1.807) is 0 Å². The standard InChI is InChI=1S/C4H8N4O2S/c1-6-11(9,10)3-2-7-8-4(3)5/h2,6H,1H3,(H3,5,7,8). The predicted molar refractivity (Wildman–Crippen MR) is 39.2 cm³/mol. The molecule has 0 aromatic carbocycles. The van der Waals surface area contributed by atoms with Crippen molar-refractivity contribution in [2.45, 2.75) is 4.90 Å². The first kappa shape index (κ1) is 8.02. The first-order valence-electron chi connectivity index (χ1n) is 2.80. The largest absolute Gasteiger partial charge is 0.383 e. The SMILES string of the molecule is CNS(=O)(=O)c1cn[nH]c1N. The van der Waals surface area contributed by atoms with Crippen molar-refractivity contribution in [2.75, 3.05) is 12.8 Å². The number of nitrogens with one attached hydrogen (secondary N) is 2. The summed E-state index contributed by atoms with van der Waals surface area (Å²) in [5, 5.41) is 5.78. The van der Waals surface area contributed by atoms with Gasteiger partial charge >= 0.3 is 0 Å². The second-order valence-electron chi connectivity index (χ2n) is 1.86. The molecule has 0 radical (unpaired) electrons. The summed E-state index contributed by atoms with van der Waals surface area (Å²) in [6, 6.07) is 0. The van der Waals surface area contributed by atoms with Crippen LogP contribution in [0.2, 0.25) is 0 Å². The van der Waals surface area contributed by atoms with Crippen LogP contribution in [-0.4, -0.2) is 25.7 Å². The van der Waals surface area contributed by atoms with E-state index < -0.39 is 10.0 Å². The van der Waals surface area contributed by atoms with Crippen LogP contribution in [0.1, 0.15) is 0 Å². The van der Waals surface area contributed by atoms with Crippen LogP contribution in [0, 0.1) is 0 Å². The lowest BCUT2D eigenvalue weighted by Crippen LogP contribution is -2.19. The molecular formula is C4H8N4O2S. The topological polar surface area (TPSA) is 101 Å². The molecule has 0 unspecified atom stereocenters. The number of rotatable bonds is 2. The minimum Gasteiger partial charge on any atom is -0.383 e. The summed E-state index contributed by atoms with van der Waals surface area (Å²) in [5.74, 6) is 0.0411. The maximum atomic E-state index is 11.0. The Morgan fingerprint density at radius 1 is 1.73 bits per heavy atom. The van der Waals surface area contributed by atoms with Crippen molar-refractivity contribution in [3.63, 3.8) is 0 Å². The molecule has 0 atom stereocenters. The van der Waals surface area contributed by atoms with Crippen LogP contribution in [0.25, 0.3) is 0 Å². The van der Waals surface area contributed by atoms with Gasteiger partial charge in [-0.05, 0) is 7.05 Å². The lowest BCUT2D eigenvalue weighted by atomic mass is 10.7. The first-order chi connectivity index (χ1) is 5.08. The zero-order valence-electron chi connectivity index (χ0n) is 5.83. The Bertz CT molecular complexity index is 341. The van der Waals surface area contributed by atoms with Crippen LogP contribution in [0.5, 0.6) is 0 Å². The van der Waals surface area contributed by atoms with Crippen molar-refractivity contribution >= 4 is 15.8 Å². The van der Waals surface area contributed by atoms with Crippen LogP contribution in [0.15, 0.2) is 11.1 Å². The van der Waals surface area contributed by atoms with E-state index in [1.165, 1.54) is 7.05 Å². The molecule has 0 aliphatic carbocycles. The third kappa shape index (κ3) is 1.33. The summed E-state index contributed by atoms with van der Waals surface area (Å²) >= 11 is 0. The number of nitrogens with zero attached hydrogens (tertiary/aromatic N) is 1. The van der Waals surface area contributed by atoms with Crippen molar-refractivity contribution in [1.29, 1.82) is 0 Å². The molecule has 0 spiro atoms. The van der Waals surface area contributed by atoms with Gasteiger partial charge in [-0.15, -0.1) is 0 Å². The fourth-order valence-corrected chi connectivity index (χ4v) is 1.36. The first-order valence-corrected chi connectivity index (χ1v) is 4.28. The summed E-state index contributed by atoms with van der Waals surface area (Å²) in [5.41, 5.74) is 5.27. The van der Waals surface area contributed by atoms with Crippen LogP contribution in [0.3, 0.4) is 0 Å². The molecule has 62 valence electrons. The van der Waals surface area contributed by atoms with Crippen molar-refractivity contribution in [3.05, 3.63) is 6.20 Å². The van der Waals surface area contributed by atoms with Gasteiger partial charge in [-0.25, -0.2) is 13.1 Å². The summed E-state index contributed by atoms with van der Waals surface area (Å²) < 4.78 is 24.2. The molecule has 0 saturated heterocycles. The van der Waals surface area contributed by atoms with E-state index in [4.69, 9.17) is 5.73 Å². The van der Waals surface area contributed by atoms with E-state index in [1.807, 2.05) is 0 Å². The van der Waals surface area contributed by atoms with Crippen LogP contribution in [-0.2, 0) is 10.0 Å². The zero-order chi connectivity index (χ0) is 8.48. The number of anilines is 1. The van der Waals surface area contributed by atoms with Crippen molar-refractivity contribution in [3.8, 4) is 0 Å². The van der Waals surface area contributed by atoms with E-state index in [9.17, 15) is 8.42 Å². The molecule has 6 nitrogen and oxygen atoms in total. The van der Waals surface area contributed by atoms with Gasteiger partial charge in [-0.1, -0.05) is 0 Å². The van der Waals surface area contributed by atoms with Gasteiger partial charge in [0, 0.05) is 0 Å². The number of aromatic nitrogens is 2. The third-order valence-corrected chi connectivity index (χ3v) is 2.63. The van der Waals surface area contributed by atoms with Gasteiger partial charge in [0.1, 0.15) is 10.7 Å².